The Morgan fingerprint density at radius 3 is 2.75 bits per heavy atom. The first kappa shape index (κ1) is 7.09. The van der Waals surface area contributed by atoms with Gasteiger partial charge in [-0.15, -0.1) is 0 Å². The third-order valence-electron chi connectivity index (χ3n) is 0.389. The van der Waals surface area contributed by atoms with Crippen LogP contribution in [-0.2, 0) is 0 Å². The van der Waals surface area contributed by atoms with Crippen molar-refractivity contribution >= 4 is 17.3 Å². The summed E-state index contributed by atoms with van der Waals surface area (Å²) in [5, 5.41) is 11.1. The first-order valence-electron chi connectivity index (χ1n) is 1.78. The molecule has 1 N–H and O–H groups in total. The van der Waals surface area contributed by atoms with E-state index in [0.717, 1.165) is 0 Å². The van der Waals surface area contributed by atoms with E-state index in [9.17, 15) is 0 Å². The van der Waals surface area contributed by atoms with E-state index in [4.69, 9.17) is 5.53 Å². The number of hydrogen-bond acceptors (Lipinski definition) is 1. The van der Waals surface area contributed by atoms with Crippen LogP contribution in [0.1, 0.15) is 0 Å². The smallest absolute Gasteiger partial charge is 0.192 e. The molecule has 0 saturated heterocycles. The first-order chi connectivity index (χ1) is 3.81. The quantitative estimate of drug-likeness (QED) is 0.325. The standard InChI is InChI=1S/C2H4N5S/c1-4-2(8)5-7-6-3/h1H3,(H,4,8)/q-1. The fourth-order valence-electron chi connectivity index (χ4n) is 0.111. The second kappa shape index (κ2) is 4.25. The molecule has 6 heteroatoms. The van der Waals surface area contributed by atoms with Gasteiger partial charge in [0.1, 0.15) is 0 Å². The summed E-state index contributed by atoms with van der Waals surface area (Å²) in [6.45, 7) is 0. The van der Waals surface area contributed by atoms with Crippen molar-refractivity contribution in [2.45, 2.75) is 0 Å². The van der Waals surface area contributed by atoms with Crippen LogP contribution in [0.25, 0.3) is 5.53 Å². The van der Waals surface area contributed by atoms with Gasteiger partial charge in [0.25, 0.3) is 0 Å². The van der Waals surface area contributed by atoms with E-state index in [1.54, 1.807) is 7.05 Å². The van der Waals surface area contributed by atoms with Gasteiger partial charge in [-0.05, 0) is 12.2 Å². The lowest BCUT2D eigenvalue weighted by Gasteiger charge is -1.91. The SMILES string of the molecule is CNC(=S)N=NN=[N-]. The van der Waals surface area contributed by atoms with Gasteiger partial charge in [-0.2, -0.15) is 0 Å². The molecule has 0 spiro atoms. The molecule has 0 aliphatic heterocycles. The van der Waals surface area contributed by atoms with Crippen molar-refractivity contribution in [3.05, 3.63) is 5.53 Å². The maximum atomic E-state index is 7.69. The van der Waals surface area contributed by atoms with Crippen molar-refractivity contribution < 1.29 is 0 Å². The Morgan fingerprint density at radius 1 is 1.75 bits per heavy atom. The summed E-state index contributed by atoms with van der Waals surface area (Å²) in [6.07, 6.45) is 0. The Kier molecular flexibility index (Phi) is 3.77. The fraction of sp³-hybridized carbons (Fsp3) is 0.500. The molecule has 8 heavy (non-hydrogen) atoms. The molecule has 0 unspecified atom stereocenters. The Labute approximate surface area is 51.7 Å². The van der Waals surface area contributed by atoms with E-state index >= 15 is 0 Å². The summed E-state index contributed by atoms with van der Waals surface area (Å²) < 4.78 is 0. The van der Waals surface area contributed by atoms with Gasteiger partial charge < -0.3 is 10.8 Å². The summed E-state index contributed by atoms with van der Waals surface area (Å²) >= 11 is 4.48. The van der Waals surface area contributed by atoms with Crippen LogP contribution in [-0.4, -0.2) is 12.2 Å². The summed E-state index contributed by atoms with van der Waals surface area (Å²) in [7, 11) is 1.60. The molecule has 44 valence electrons. The minimum Gasteiger partial charge on any atom is -0.364 e. The number of nitrogens with zero attached hydrogens (tertiary/aromatic N) is 4. The zero-order valence-electron chi connectivity index (χ0n) is 4.20. The van der Waals surface area contributed by atoms with Crippen LogP contribution in [0, 0.1) is 0 Å². The van der Waals surface area contributed by atoms with Gasteiger partial charge in [0, 0.05) is 7.05 Å². The minimum atomic E-state index is 0.183. The highest BCUT2D eigenvalue weighted by atomic mass is 32.1. The van der Waals surface area contributed by atoms with Gasteiger partial charge in [0.05, 0.1) is 0 Å². The van der Waals surface area contributed by atoms with Gasteiger partial charge >= 0.3 is 0 Å². The predicted molar refractivity (Wildman–Crippen MR) is 32.3 cm³/mol. The Bertz CT molecular complexity index is 118. The van der Waals surface area contributed by atoms with Gasteiger partial charge in [-0.1, -0.05) is 0 Å². The molecule has 0 rings (SSSR count). The van der Waals surface area contributed by atoms with E-state index in [1.165, 1.54) is 0 Å². The summed E-state index contributed by atoms with van der Waals surface area (Å²) in [6, 6.07) is 0. The monoisotopic (exact) mass is 130 g/mol. The summed E-state index contributed by atoms with van der Waals surface area (Å²) in [5.74, 6) is 0. The lowest BCUT2D eigenvalue weighted by Crippen LogP contribution is -2.10. The van der Waals surface area contributed by atoms with Crippen LogP contribution >= 0.6 is 12.2 Å². The lowest BCUT2D eigenvalue weighted by atomic mass is 11.1. The molecule has 0 radical (unpaired) electrons. The van der Waals surface area contributed by atoms with Crippen molar-refractivity contribution in [2.75, 3.05) is 7.05 Å². The molecule has 0 atom stereocenters. The van der Waals surface area contributed by atoms with Crippen molar-refractivity contribution in [2.24, 2.45) is 15.6 Å². The third-order valence-corrected chi connectivity index (χ3v) is 0.675. The zero-order valence-corrected chi connectivity index (χ0v) is 5.01. The van der Waals surface area contributed by atoms with Crippen LogP contribution in [0.3, 0.4) is 0 Å². The van der Waals surface area contributed by atoms with Crippen LogP contribution in [0.4, 0.5) is 0 Å². The fourth-order valence-corrected chi connectivity index (χ4v) is 0.147. The van der Waals surface area contributed by atoms with Crippen LogP contribution in [0.15, 0.2) is 15.6 Å². The molecular weight excluding hydrogens is 126 g/mol. The molecular formula is C2H4N5S-. The van der Waals surface area contributed by atoms with Gasteiger partial charge in [0.15, 0.2) is 5.11 Å². The maximum absolute atomic E-state index is 7.69. The number of thiocarbonyl (C=S) groups is 1. The Balaban J connectivity index is 3.52. The molecule has 0 aromatic heterocycles. The average Bonchev–Trinajstić information content (AvgIpc) is 1.83. The highest BCUT2D eigenvalue weighted by Gasteiger charge is 1.75. The lowest BCUT2D eigenvalue weighted by molar-refractivity contribution is 1.04. The number of hydrogen-bond donors (Lipinski definition) is 1. The van der Waals surface area contributed by atoms with Crippen LogP contribution in [0.5, 0.6) is 0 Å². The normalized spacial score (nSPS) is 9.12. The molecule has 0 fully saturated rings. The number of rotatable bonds is 1. The highest BCUT2D eigenvalue weighted by Crippen LogP contribution is 1.76. The van der Waals surface area contributed by atoms with Gasteiger partial charge in [-0.3, -0.25) is 10.4 Å². The van der Waals surface area contributed by atoms with Crippen molar-refractivity contribution in [1.29, 1.82) is 0 Å². The molecule has 0 saturated carbocycles. The van der Waals surface area contributed by atoms with Crippen molar-refractivity contribution in [1.82, 2.24) is 5.32 Å². The van der Waals surface area contributed by atoms with Crippen LogP contribution < -0.4 is 5.32 Å². The third kappa shape index (κ3) is 3.29. The van der Waals surface area contributed by atoms with Crippen molar-refractivity contribution in [3.8, 4) is 0 Å². The molecule has 0 bridgehead atoms. The zero-order chi connectivity index (χ0) is 6.41. The predicted octanol–water partition coefficient (Wildman–Crippen LogP) is 0.879. The second-order valence-corrected chi connectivity index (χ2v) is 1.22. The highest BCUT2D eigenvalue weighted by molar-refractivity contribution is 7.80. The van der Waals surface area contributed by atoms with Crippen molar-refractivity contribution in [3.63, 3.8) is 0 Å². The molecule has 0 aromatic carbocycles. The van der Waals surface area contributed by atoms with Gasteiger partial charge in [-0.25, -0.2) is 5.11 Å². The molecule has 0 aliphatic rings. The van der Waals surface area contributed by atoms with Gasteiger partial charge in [0.2, 0.25) is 0 Å². The first-order valence-corrected chi connectivity index (χ1v) is 2.19. The number of nitrogens with one attached hydrogen (secondary N) is 1. The average molecular weight is 130 g/mol. The Morgan fingerprint density at radius 2 is 2.38 bits per heavy atom. The summed E-state index contributed by atoms with van der Waals surface area (Å²) in [4.78, 5) is 0. The molecule has 0 heterocycles. The maximum Gasteiger partial charge on any atom is 0.192 e. The van der Waals surface area contributed by atoms with Crippen LogP contribution in [0.2, 0.25) is 0 Å². The van der Waals surface area contributed by atoms with E-state index in [2.05, 4.69) is 33.1 Å². The van der Waals surface area contributed by atoms with E-state index in [1.807, 2.05) is 0 Å². The van der Waals surface area contributed by atoms with E-state index in [-0.39, 0.29) is 5.11 Å². The molecule has 0 aliphatic carbocycles. The molecule has 0 aromatic rings. The second-order valence-electron chi connectivity index (χ2n) is 0.834. The largest absolute Gasteiger partial charge is 0.364 e. The summed E-state index contributed by atoms with van der Waals surface area (Å²) in [5.41, 5.74) is 7.69. The Hall–Kier alpha value is -0.910. The van der Waals surface area contributed by atoms with E-state index < -0.39 is 0 Å². The molecule has 5 nitrogen and oxygen atoms in total. The minimum absolute atomic E-state index is 0.183. The van der Waals surface area contributed by atoms with E-state index in [0.29, 0.717) is 0 Å². The molecule has 0 amide bonds. The topological polar surface area (TPSA) is 71.4 Å².